The summed E-state index contributed by atoms with van der Waals surface area (Å²) < 4.78 is 11.2. The zero-order valence-electron chi connectivity index (χ0n) is 14.5. The number of nitrogens with zero attached hydrogens (tertiary/aromatic N) is 3. The third kappa shape index (κ3) is 3.88. The Balaban J connectivity index is 1.33. The molecular weight excluding hydrogens is 320 g/mol. The second-order valence-electron chi connectivity index (χ2n) is 6.99. The molecule has 0 aromatic carbocycles. The normalized spacial score (nSPS) is 24.7. The number of piperidine rings is 1. The Kier molecular flexibility index (Phi) is 5.03. The summed E-state index contributed by atoms with van der Waals surface area (Å²) in [7, 11) is 0. The maximum absolute atomic E-state index is 12.6. The van der Waals surface area contributed by atoms with E-state index in [0.29, 0.717) is 19.8 Å². The molecular formula is C18H26N4O3. The molecule has 3 saturated heterocycles. The molecule has 1 aromatic heterocycles. The molecule has 7 heteroatoms. The highest BCUT2D eigenvalue weighted by molar-refractivity contribution is 5.89. The van der Waals surface area contributed by atoms with Crippen LogP contribution in [0, 0.1) is 5.92 Å². The van der Waals surface area contributed by atoms with Gasteiger partial charge in [0.2, 0.25) is 0 Å². The van der Waals surface area contributed by atoms with E-state index in [1.165, 1.54) is 12.8 Å². The summed E-state index contributed by atoms with van der Waals surface area (Å²) >= 11 is 0. The second kappa shape index (κ2) is 7.58. The summed E-state index contributed by atoms with van der Waals surface area (Å²) in [5, 5.41) is 2.96. The number of hydrogen-bond acceptors (Lipinski definition) is 5. The molecule has 3 aliphatic rings. The summed E-state index contributed by atoms with van der Waals surface area (Å²) in [6, 6.07) is 3.85. The van der Waals surface area contributed by atoms with Crippen molar-refractivity contribution in [1.82, 2.24) is 9.88 Å². The fourth-order valence-electron chi connectivity index (χ4n) is 3.86. The molecule has 3 fully saturated rings. The molecule has 2 amide bonds. The molecule has 4 heterocycles. The largest absolute Gasteiger partial charge is 0.357 e. The smallest absolute Gasteiger partial charge is 0.321 e. The van der Waals surface area contributed by atoms with E-state index in [0.717, 1.165) is 44.0 Å². The average molecular weight is 346 g/mol. The zero-order valence-corrected chi connectivity index (χ0v) is 14.5. The molecule has 1 N–H and O–H groups in total. The topological polar surface area (TPSA) is 66.9 Å². The fourth-order valence-corrected chi connectivity index (χ4v) is 3.86. The lowest BCUT2D eigenvalue weighted by atomic mass is 9.98. The van der Waals surface area contributed by atoms with Crippen molar-refractivity contribution >= 4 is 17.5 Å². The van der Waals surface area contributed by atoms with Gasteiger partial charge >= 0.3 is 6.03 Å². The molecule has 1 aromatic rings. The van der Waals surface area contributed by atoms with Gasteiger partial charge in [-0.3, -0.25) is 0 Å². The van der Waals surface area contributed by atoms with E-state index in [1.807, 2.05) is 17.0 Å². The number of carbonyl (C=O) groups is 1. The van der Waals surface area contributed by atoms with Gasteiger partial charge < -0.3 is 24.6 Å². The Morgan fingerprint density at radius 2 is 1.92 bits per heavy atom. The van der Waals surface area contributed by atoms with Crippen LogP contribution in [0.5, 0.6) is 0 Å². The molecule has 0 radical (unpaired) electrons. The van der Waals surface area contributed by atoms with Gasteiger partial charge in [-0.05, 0) is 37.8 Å². The summed E-state index contributed by atoms with van der Waals surface area (Å²) in [6.45, 7) is 4.90. The first kappa shape index (κ1) is 16.6. The molecule has 7 nitrogen and oxygen atoms in total. The highest BCUT2D eigenvalue weighted by Gasteiger charge is 2.32. The third-order valence-corrected chi connectivity index (χ3v) is 5.21. The highest BCUT2D eigenvalue weighted by atomic mass is 16.7. The number of anilines is 2. The minimum Gasteiger partial charge on any atom is -0.357 e. The van der Waals surface area contributed by atoms with Crippen molar-refractivity contribution in [3.63, 3.8) is 0 Å². The molecule has 0 bridgehead atoms. The number of aromatic nitrogens is 1. The quantitative estimate of drug-likeness (QED) is 0.910. The average Bonchev–Trinajstić information content (AvgIpc) is 3.36. The van der Waals surface area contributed by atoms with Crippen LogP contribution in [0.1, 0.15) is 25.7 Å². The first-order valence-corrected chi connectivity index (χ1v) is 9.30. The third-order valence-electron chi connectivity index (χ3n) is 5.21. The van der Waals surface area contributed by atoms with Gasteiger partial charge in [0, 0.05) is 32.1 Å². The fraction of sp³-hybridized carbons (Fsp3) is 0.667. The lowest BCUT2D eigenvalue weighted by molar-refractivity contribution is -0.0959. The predicted molar refractivity (Wildman–Crippen MR) is 94.7 cm³/mol. The van der Waals surface area contributed by atoms with Gasteiger partial charge in [0.05, 0.1) is 25.1 Å². The SMILES string of the molecule is O=C(Nc1ccc(N2CCCC2)nc1)N1CCCC(C2OCCO2)C1. The lowest BCUT2D eigenvalue weighted by Gasteiger charge is -2.34. The van der Waals surface area contributed by atoms with Crippen LogP contribution in [0.15, 0.2) is 18.3 Å². The number of hydrogen-bond donors (Lipinski definition) is 1. The van der Waals surface area contributed by atoms with Crippen LogP contribution in [0.4, 0.5) is 16.3 Å². The number of urea groups is 1. The van der Waals surface area contributed by atoms with E-state index in [1.54, 1.807) is 6.20 Å². The first-order chi connectivity index (χ1) is 12.3. The summed E-state index contributed by atoms with van der Waals surface area (Å²) in [5.41, 5.74) is 0.739. The van der Waals surface area contributed by atoms with E-state index in [9.17, 15) is 4.79 Å². The van der Waals surface area contributed by atoms with Crippen LogP contribution >= 0.6 is 0 Å². The van der Waals surface area contributed by atoms with Gasteiger partial charge in [-0.1, -0.05) is 0 Å². The van der Waals surface area contributed by atoms with E-state index >= 15 is 0 Å². The van der Waals surface area contributed by atoms with Crippen LogP contribution in [0.3, 0.4) is 0 Å². The van der Waals surface area contributed by atoms with Crippen LogP contribution in [-0.2, 0) is 9.47 Å². The monoisotopic (exact) mass is 346 g/mol. The summed E-state index contributed by atoms with van der Waals surface area (Å²) in [6.07, 6.45) is 6.07. The molecule has 4 rings (SSSR count). The van der Waals surface area contributed by atoms with Gasteiger partial charge in [-0.2, -0.15) is 0 Å². The van der Waals surface area contributed by atoms with E-state index in [2.05, 4.69) is 15.2 Å². The van der Waals surface area contributed by atoms with Gasteiger partial charge in [0.15, 0.2) is 6.29 Å². The van der Waals surface area contributed by atoms with Crippen molar-refractivity contribution in [3.05, 3.63) is 18.3 Å². The number of rotatable bonds is 3. The number of carbonyl (C=O) groups excluding carboxylic acids is 1. The van der Waals surface area contributed by atoms with E-state index < -0.39 is 0 Å². The standard InChI is InChI=1S/C18H26N4O3/c23-18(22-9-3-4-14(13-22)17-24-10-11-25-17)20-15-5-6-16(19-12-15)21-7-1-2-8-21/h5-6,12,14,17H,1-4,7-11,13H2,(H,20,23). The summed E-state index contributed by atoms with van der Waals surface area (Å²) in [4.78, 5) is 21.2. The number of ether oxygens (including phenoxy) is 2. The summed E-state index contributed by atoms with van der Waals surface area (Å²) in [5.74, 6) is 1.25. The Hall–Kier alpha value is -1.86. The first-order valence-electron chi connectivity index (χ1n) is 9.30. The van der Waals surface area contributed by atoms with Crippen molar-refractivity contribution in [2.75, 3.05) is 49.6 Å². The highest BCUT2D eigenvalue weighted by Crippen LogP contribution is 2.25. The second-order valence-corrected chi connectivity index (χ2v) is 6.99. The maximum Gasteiger partial charge on any atom is 0.321 e. The van der Waals surface area contributed by atoms with E-state index in [-0.39, 0.29) is 18.2 Å². The number of likely N-dealkylation sites (tertiary alicyclic amines) is 1. The van der Waals surface area contributed by atoms with Gasteiger partial charge in [0.25, 0.3) is 0 Å². The molecule has 0 saturated carbocycles. The Morgan fingerprint density at radius 1 is 1.12 bits per heavy atom. The van der Waals surface area contributed by atoms with Crippen molar-refractivity contribution < 1.29 is 14.3 Å². The van der Waals surface area contributed by atoms with Crippen molar-refractivity contribution in [2.45, 2.75) is 32.0 Å². The van der Waals surface area contributed by atoms with E-state index in [4.69, 9.17) is 9.47 Å². The number of nitrogens with one attached hydrogen (secondary N) is 1. The molecule has 0 spiro atoms. The molecule has 136 valence electrons. The van der Waals surface area contributed by atoms with Crippen LogP contribution in [0.25, 0.3) is 0 Å². The zero-order chi connectivity index (χ0) is 17.1. The van der Waals surface area contributed by atoms with Crippen molar-refractivity contribution in [3.8, 4) is 0 Å². The van der Waals surface area contributed by atoms with Crippen LogP contribution in [-0.4, -0.2) is 61.6 Å². The Labute approximate surface area is 148 Å². The number of amides is 2. The minimum absolute atomic E-state index is 0.0709. The Morgan fingerprint density at radius 3 is 2.64 bits per heavy atom. The molecule has 25 heavy (non-hydrogen) atoms. The molecule has 3 aliphatic heterocycles. The van der Waals surface area contributed by atoms with Gasteiger partial charge in [-0.25, -0.2) is 9.78 Å². The van der Waals surface area contributed by atoms with Crippen molar-refractivity contribution in [1.29, 1.82) is 0 Å². The van der Waals surface area contributed by atoms with Crippen LogP contribution < -0.4 is 10.2 Å². The van der Waals surface area contributed by atoms with Gasteiger partial charge in [0.1, 0.15) is 5.82 Å². The molecule has 1 unspecified atom stereocenters. The van der Waals surface area contributed by atoms with Gasteiger partial charge in [-0.15, -0.1) is 0 Å². The minimum atomic E-state index is -0.156. The molecule has 1 atom stereocenters. The van der Waals surface area contributed by atoms with Crippen molar-refractivity contribution in [2.24, 2.45) is 5.92 Å². The predicted octanol–water partition coefficient (Wildman–Crippen LogP) is 2.30. The number of pyridine rings is 1. The van der Waals surface area contributed by atoms with Crippen LogP contribution in [0.2, 0.25) is 0 Å². The lowest BCUT2D eigenvalue weighted by Crippen LogP contribution is -2.45. The molecule has 0 aliphatic carbocycles. The Bertz CT molecular complexity index is 582. The maximum atomic E-state index is 12.6.